The Morgan fingerprint density at radius 3 is 2.45 bits per heavy atom. The second kappa shape index (κ2) is 10.5. The van der Waals surface area contributed by atoms with Crippen molar-refractivity contribution in [3.05, 3.63) is 78.4 Å². The van der Waals surface area contributed by atoms with E-state index >= 15 is 0 Å². The van der Waals surface area contributed by atoms with Gasteiger partial charge in [0.25, 0.3) is 0 Å². The fraction of sp³-hybridized carbons (Fsp3) is 0.304. The highest BCUT2D eigenvalue weighted by atomic mass is 16.5. The molecule has 0 atom stereocenters. The van der Waals surface area contributed by atoms with Crippen LogP contribution >= 0.6 is 0 Å². The summed E-state index contributed by atoms with van der Waals surface area (Å²) in [5.74, 6) is -0.182. The molecular formula is C23H27N3O3. The van der Waals surface area contributed by atoms with Crippen LogP contribution in [-0.4, -0.2) is 54.4 Å². The Hall–Kier alpha value is -2.96. The minimum Gasteiger partial charge on any atom is -0.367 e. The quantitative estimate of drug-likeness (QED) is 0.701. The standard InChI is InChI=1S/C23H27N3O3/c1-2-23(28)26-13-11-25(12-14-26)16-20-9-6-10-21(15-20)24-22(27)18-29-17-19-7-4-3-5-8-19/h2-10,15H,1,11-14,16-18H2,(H,24,27). The van der Waals surface area contributed by atoms with Gasteiger partial charge in [-0.25, -0.2) is 0 Å². The highest BCUT2D eigenvalue weighted by Gasteiger charge is 2.19. The molecule has 1 N–H and O–H groups in total. The number of ether oxygens (including phenoxy) is 1. The molecule has 0 radical (unpaired) electrons. The smallest absolute Gasteiger partial charge is 0.250 e. The molecule has 2 amide bonds. The first-order valence-corrected chi connectivity index (χ1v) is 9.78. The largest absolute Gasteiger partial charge is 0.367 e. The Balaban J connectivity index is 1.44. The van der Waals surface area contributed by atoms with Gasteiger partial charge in [0.1, 0.15) is 6.61 Å². The molecule has 6 nitrogen and oxygen atoms in total. The maximum Gasteiger partial charge on any atom is 0.250 e. The van der Waals surface area contributed by atoms with Gasteiger partial charge in [0.2, 0.25) is 11.8 Å². The van der Waals surface area contributed by atoms with Crippen molar-refractivity contribution in [3.63, 3.8) is 0 Å². The fourth-order valence-corrected chi connectivity index (χ4v) is 3.29. The first kappa shape index (κ1) is 20.8. The summed E-state index contributed by atoms with van der Waals surface area (Å²) in [4.78, 5) is 27.9. The van der Waals surface area contributed by atoms with Crippen molar-refractivity contribution in [2.24, 2.45) is 0 Å². The number of carbonyl (C=O) groups excluding carboxylic acids is 2. The second-order valence-electron chi connectivity index (χ2n) is 7.03. The van der Waals surface area contributed by atoms with Crippen molar-refractivity contribution in [3.8, 4) is 0 Å². The molecule has 1 saturated heterocycles. The van der Waals surface area contributed by atoms with E-state index in [2.05, 4.69) is 16.8 Å². The lowest BCUT2D eigenvalue weighted by Crippen LogP contribution is -2.47. The number of hydrogen-bond acceptors (Lipinski definition) is 4. The van der Waals surface area contributed by atoms with Gasteiger partial charge in [0.15, 0.2) is 0 Å². The number of nitrogens with zero attached hydrogens (tertiary/aromatic N) is 2. The van der Waals surface area contributed by atoms with Crippen molar-refractivity contribution in [1.29, 1.82) is 0 Å². The van der Waals surface area contributed by atoms with Crippen LogP contribution in [-0.2, 0) is 27.5 Å². The number of nitrogens with one attached hydrogen (secondary N) is 1. The third kappa shape index (κ3) is 6.55. The predicted octanol–water partition coefficient (Wildman–Crippen LogP) is 2.67. The summed E-state index contributed by atoms with van der Waals surface area (Å²) >= 11 is 0. The van der Waals surface area contributed by atoms with E-state index < -0.39 is 0 Å². The topological polar surface area (TPSA) is 61.9 Å². The molecule has 0 spiro atoms. The molecule has 0 saturated carbocycles. The molecule has 0 unspecified atom stereocenters. The molecule has 152 valence electrons. The molecule has 2 aromatic carbocycles. The number of carbonyl (C=O) groups is 2. The molecule has 3 rings (SSSR count). The van der Waals surface area contributed by atoms with E-state index in [0.29, 0.717) is 19.7 Å². The van der Waals surface area contributed by atoms with Crippen LogP contribution in [0, 0.1) is 0 Å². The molecule has 1 aliphatic heterocycles. The Kier molecular flexibility index (Phi) is 7.55. The molecule has 0 aliphatic carbocycles. The van der Waals surface area contributed by atoms with Crippen molar-refractivity contribution < 1.29 is 14.3 Å². The van der Waals surface area contributed by atoms with Crippen LogP contribution in [0.4, 0.5) is 5.69 Å². The Labute approximate surface area is 171 Å². The number of hydrogen-bond donors (Lipinski definition) is 1. The minimum absolute atomic E-state index is 0.0103. The van der Waals surface area contributed by atoms with E-state index in [-0.39, 0.29) is 18.4 Å². The molecular weight excluding hydrogens is 366 g/mol. The van der Waals surface area contributed by atoms with Gasteiger partial charge < -0.3 is 15.0 Å². The number of anilines is 1. The van der Waals surface area contributed by atoms with Gasteiger partial charge in [-0.2, -0.15) is 0 Å². The minimum atomic E-state index is -0.172. The second-order valence-corrected chi connectivity index (χ2v) is 7.03. The predicted molar refractivity (Wildman–Crippen MR) is 113 cm³/mol. The van der Waals surface area contributed by atoms with Crippen molar-refractivity contribution in [2.75, 3.05) is 38.1 Å². The van der Waals surface area contributed by atoms with E-state index in [4.69, 9.17) is 4.74 Å². The summed E-state index contributed by atoms with van der Waals surface area (Å²) in [6.07, 6.45) is 1.37. The van der Waals surface area contributed by atoms with Gasteiger partial charge in [-0.1, -0.05) is 49.0 Å². The van der Waals surface area contributed by atoms with Crippen LogP contribution in [0.2, 0.25) is 0 Å². The maximum atomic E-state index is 12.1. The lowest BCUT2D eigenvalue weighted by atomic mass is 10.1. The summed E-state index contributed by atoms with van der Waals surface area (Å²) in [7, 11) is 0. The summed E-state index contributed by atoms with van der Waals surface area (Å²) in [5.41, 5.74) is 2.92. The van der Waals surface area contributed by atoms with E-state index in [9.17, 15) is 9.59 Å². The Bertz CT molecular complexity index is 830. The van der Waals surface area contributed by atoms with E-state index in [0.717, 1.165) is 36.4 Å². The van der Waals surface area contributed by atoms with Crippen LogP contribution in [0.1, 0.15) is 11.1 Å². The third-order valence-electron chi connectivity index (χ3n) is 4.82. The lowest BCUT2D eigenvalue weighted by Gasteiger charge is -2.34. The number of rotatable bonds is 8. The molecule has 1 fully saturated rings. The van der Waals surface area contributed by atoms with Crippen LogP contribution in [0.25, 0.3) is 0 Å². The van der Waals surface area contributed by atoms with Crippen molar-refractivity contribution in [2.45, 2.75) is 13.2 Å². The molecule has 2 aromatic rings. The fourth-order valence-electron chi connectivity index (χ4n) is 3.29. The van der Waals surface area contributed by atoms with Gasteiger partial charge >= 0.3 is 0 Å². The average Bonchev–Trinajstić information content (AvgIpc) is 2.75. The zero-order valence-electron chi connectivity index (χ0n) is 16.5. The molecule has 0 bridgehead atoms. The molecule has 6 heteroatoms. The highest BCUT2D eigenvalue weighted by molar-refractivity contribution is 5.91. The Morgan fingerprint density at radius 2 is 1.72 bits per heavy atom. The molecule has 0 aromatic heterocycles. The summed E-state index contributed by atoms with van der Waals surface area (Å²) < 4.78 is 5.48. The van der Waals surface area contributed by atoms with Gasteiger partial charge in [-0.3, -0.25) is 14.5 Å². The first-order chi connectivity index (χ1) is 14.1. The molecule has 1 aliphatic rings. The zero-order chi connectivity index (χ0) is 20.5. The van der Waals surface area contributed by atoms with E-state index in [1.54, 1.807) is 0 Å². The van der Waals surface area contributed by atoms with Crippen molar-refractivity contribution >= 4 is 17.5 Å². The van der Waals surface area contributed by atoms with Crippen LogP contribution in [0.3, 0.4) is 0 Å². The summed E-state index contributed by atoms with van der Waals surface area (Å²) in [6.45, 7) is 7.81. The third-order valence-corrected chi connectivity index (χ3v) is 4.82. The van der Waals surface area contributed by atoms with Gasteiger partial charge in [0.05, 0.1) is 6.61 Å². The van der Waals surface area contributed by atoms with Gasteiger partial charge in [0, 0.05) is 38.4 Å². The monoisotopic (exact) mass is 393 g/mol. The number of benzene rings is 2. The van der Waals surface area contributed by atoms with E-state index in [1.165, 1.54) is 6.08 Å². The molecule has 29 heavy (non-hydrogen) atoms. The normalized spacial score (nSPS) is 14.4. The first-order valence-electron chi connectivity index (χ1n) is 9.78. The zero-order valence-corrected chi connectivity index (χ0v) is 16.5. The van der Waals surface area contributed by atoms with Crippen LogP contribution < -0.4 is 5.32 Å². The molecule has 1 heterocycles. The highest BCUT2D eigenvalue weighted by Crippen LogP contribution is 2.14. The SMILES string of the molecule is C=CC(=O)N1CCN(Cc2cccc(NC(=O)COCc3ccccc3)c2)CC1. The average molecular weight is 393 g/mol. The van der Waals surface area contributed by atoms with E-state index in [1.807, 2.05) is 59.5 Å². The van der Waals surface area contributed by atoms with Crippen molar-refractivity contribution in [1.82, 2.24) is 9.80 Å². The van der Waals surface area contributed by atoms with Gasteiger partial charge in [-0.05, 0) is 29.3 Å². The Morgan fingerprint density at radius 1 is 1.00 bits per heavy atom. The summed E-state index contributed by atoms with van der Waals surface area (Å²) in [5, 5.41) is 2.89. The number of amides is 2. The van der Waals surface area contributed by atoms with Gasteiger partial charge in [-0.15, -0.1) is 0 Å². The van der Waals surface area contributed by atoms with Crippen LogP contribution in [0.15, 0.2) is 67.3 Å². The summed E-state index contributed by atoms with van der Waals surface area (Å²) in [6, 6.07) is 17.6. The number of piperazine rings is 1. The lowest BCUT2D eigenvalue weighted by molar-refractivity contribution is -0.127. The maximum absolute atomic E-state index is 12.1. The van der Waals surface area contributed by atoms with Crippen LogP contribution in [0.5, 0.6) is 0 Å².